The van der Waals surface area contributed by atoms with Crippen LogP contribution in [0.3, 0.4) is 0 Å². The Hall–Kier alpha value is -2.98. The number of thioether (sulfide) groups is 1. The summed E-state index contributed by atoms with van der Waals surface area (Å²) in [6, 6.07) is 10.7. The van der Waals surface area contributed by atoms with Crippen molar-refractivity contribution in [1.29, 1.82) is 0 Å². The summed E-state index contributed by atoms with van der Waals surface area (Å²) in [4.78, 5) is 40.7. The van der Waals surface area contributed by atoms with E-state index >= 15 is 0 Å². The summed E-state index contributed by atoms with van der Waals surface area (Å²) in [5.74, 6) is 0.165. The summed E-state index contributed by atoms with van der Waals surface area (Å²) in [6.45, 7) is 0.532. The Morgan fingerprint density at radius 3 is 2.62 bits per heavy atom. The predicted molar refractivity (Wildman–Crippen MR) is 127 cm³/mol. The molecule has 10 heteroatoms. The molecule has 1 saturated heterocycles. The second-order valence-electron chi connectivity index (χ2n) is 7.28. The van der Waals surface area contributed by atoms with E-state index in [2.05, 4.69) is 21.2 Å². The maximum atomic E-state index is 12.7. The van der Waals surface area contributed by atoms with Crippen molar-refractivity contribution in [2.75, 3.05) is 44.1 Å². The summed E-state index contributed by atoms with van der Waals surface area (Å²) in [5.41, 5.74) is 2.26. The van der Waals surface area contributed by atoms with Crippen molar-refractivity contribution in [3.05, 3.63) is 51.3 Å². The van der Waals surface area contributed by atoms with Crippen LogP contribution in [0.2, 0.25) is 0 Å². The minimum Gasteiger partial charge on any atom is -0.486 e. The molecule has 0 atom stereocenters. The van der Waals surface area contributed by atoms with Crippen molar-refractivity contribution in [3.8, 4) is 11.5 Å². The average Bonchev–Trinajstić information content (AvgIpc) is 3.00. The molecule has 0 bridgehead atoms. The molecule has 0 radical (unpaired) electrons. The number of fused-ring (bicyclic) bond motifs is 1. The molecule has 2 aromatic rings. The number of amides is 3. The zero-order valence-corrected chi connectivity index (χ0v) is 19.8. The molecule has 166 valence electrons. The first-order valence-corrected chi connectivity index (χ1v) is 11.3. The van der Waals surface area contributed by atoms with Crippen molar-refractivity contribution in [2.45, 2.75) is 0 Å². The van der Waals surface area contributed by atoms with Crippen LogP contribution in [-0.4, -0.2) is 55.8 Å². The van der Waals surface area contributed by atoms with E-state index in [0.29, 0.717) is 30.4 Å². The summed E-state index contributed by atoms with van der Waals surface area (Å²) in [6.07, 6.45) is 1.65. The topological polar surface area (TPSA) is 88.2 Å². The van der Waals surface area contributed by atoms with E-state index in [9.17, 15) is 14.4 Å². The van der Waals surface area contributed by atoms with Crippen LogP contribution in [0, 0.1) is 0 Å². The molecule has 3 amide bonds. The van der Waals surface area contributed by atoms with Gasteiger partial charge < -0.3 is 19.7 Å². The van der Waals surface area contributed by atoms with Crippen molar-refractivity contribution < 1.29 is 23.9 Å². The Labute approximate surface area is 197 Å². The number of hydrogen-bond donors (Lipinski definition) is 1. The second kappa shape index (κ2) is 9.25. The normalized spacial score (nSPS) is 16.5. The molecule has 0 saturated carbocycles. The maximum Gasteiger partial charge on any atom is 0.294 e. The van der Waals surface area contributed by atoms with Gasteiger partial charge >= 0.3 is 0 Å². The summed E-state index contributed by atoms with van der Waals surface area (Å²) in [7, 11) is 3.86. The van der Waals surface area contributed by atoms with E-state index in [1.54, 1.807) is 24.3 Å². The Balaban J connectivity index is 1.43. The van der Waals surface area contributed by atoms with Gasteiger partial charge in [0, 0.05) is 30.3 Å². The van der Waals surface area contributed by atoms with Crippen molar-refractivity contribution in [1.82, 2.24) is 4.90 Å². The lowest BCUT2D eigenvalue weighted by Crippen LogP contribution is -2.36. The molecule has 0 unspecified atom stereocenters. The smallest absolute Gasteiger partial charge is 0.294 e. The summed E-state index contributed by atoms with van der Waals surface area (Å²) < 4.78 is 11.8. The number of carbonyl (C=O) groups excluding carboxylic acids is 3. The van der Waals surface area contributed by atoms with Gasteiger partial charge in [0.15, 0.2) is 11.5 Å². The maximum absolute atomic E-state index is 12.7. The van der Waals surface area contributed by atoms with Gasteiger partial charge in [-0.1, -0.05) is 6.07 Å². The third kappa shape index (κ3) is 4.76. The van der Waals surface area contributed by atoms with Gasteiger partial charge in [-0.05, 0) is 63.6 Å². The number of nitrogens with zero attached hydrogens (tertiary/aromatic N) is 2. The lowest BCUT2D eigenvalue weighted by atomic mass is 10.2. The first-order valence-electron chi connectivity index (χ1n) is 9.73. The van der Waals surface area contributed by atoms with Crippen LogP contribution < -0.4 is 19.7 Å². The molecule has 2 heterocycles. The van der Waals surface area contributed by atoms with E-state index in [-0.39, 0.29) is 11.4 Å². The number of ether oxygens (including phenoxy) is 2. The van der Waals surface area contributed by atoms with Gasteiger partial charge in [0.25, 0.3) is 11.1 Å². The van der Waals surface area contributed by atoms with E-state index < -0.39 is 17.1 Å². The van der Waals surface area contributed by atoms with Gasteiger partial charge in [-0.15, -0.1) is 0 Å². The first kappa shape index (κ1) is 22.2. The highest BCUT2D eigenvalue weighted by Gasteiger charge is 2.36. The molecule has 0 aliphatic carbocycles. The Kier molecular flexibility index (Phi) is 6.43. The van der Waals surface area contributed by atoms with Gasteiger partial charge in [0.1, 0.15) is 19.8 Å². The molecular formula is C22H20BrN3O5S. The highest BCUT2D eigenvalue weighted by molar-refractivity contribution is 9.10. The minimum absolute atomic E-state index is 0.270. The molecule has 32 heavy (non-hydrogen) atoms. The second-order valence-corrected chi connectivity index (χ2v) is 9.13. The monoisotopic (exact) mass is 517 g/mol. The third-order valence-electron chi connectivity index (χ3n) is 4.75. The average molecular weight is 518 g/mol. The number of imide groups is 1. The highest BCUT2D eigenvalue weighted by atomic mass is 79.9. The lowest BCUT2D eigenvalue weighted by Gasteiger charge is -2.19. The molecule has 1 fully saturated rings. The number of carbonyl (C=O) groups is 3. The fraction of sp³-hybridized carbons (Fsp3) is 0.227. The Morgan fingerprint density at radius 2 is 1.91 bits per heavy atom. The van der Waals surface area contributed by atoms with E-state index in [0.717, 1.165) is 32.4 Å². The SMILES string of the molecule is CN(C)c1ccc(/C=C2\SC(=O)N(CC(=O)Nc3ccc4c(c3)OCCO4)C2=O)cc1Br. The largest absolute Gasteiger partial charge is 0.486 e. The number of halogens is 1. The third-order valence-corrected chi connectivity index (χ3v) is 6.30. The quantitative estimate of drug-likeness (QED) is 0.600. The molecular weight excluding hydrogens is 498 g/mol. The van der Waals surface area contributed by atoms with Crippen LogP contribution in [0.1, 0.15) is 5.56 Å². The molecule has 4 rings (SSSR count). The van der Waals surface area contributed by atoms with Gasteiger partial charge in [0.2, 0.25) is 5.91 Å². The van der Waals surface area contributed by atoms with Crippen molar-refractivity contribution >= 4 is 62.2 Å². The number of nitrogens with one attached hydrogen (secondary N) is 1. The van der Waals surface area contributed by atoms with Crippen molar-refractivity contribution in [2.24, 2.45) is 0 Å². The van der Waals surface area contributed by atoms with Crippen LogP contribution in [0.5, 0.6) is 11.5 Å². The molecule has 2 aliphatic heterocycles. The van der Waals surface area contributed by atoms with E-state index in [4.69, 9.17) is 9.47 Å². The van der Waals surface area contributed by atoms with Crippen LogP contribution >= 0.6 is 27.7 Å². The van der Waals surface area contributed by atoms with Crippen LogP contribution in [-0.2, 0) is 9.59 Å². The summed E-state index contributed by atoms with van der Waals surface area (Å²) >= 11 is 4.33. The number of anilines is 2. The van der Waals surface area contributed by atoms with E-state index in [1.807, 2.05) is 37.2 Å². The van der Waals surface area contributed by atoms with Gasteiger partial charge in [-0.2, -0.15) is 0 Å². The van der Waals surface area contributed by atoms with Crippen LogP contribution in [0.25, 0.3) is 6.08 Å². The standard InChI is InChI=1S/C22H20BrN3O5S/c1-25(2)16-5-3-13(9-15(16)23)10-19-21(28)26(22(29)32-19)12-20(27)24-14-4-6-17-18(11-14)31-8-7-30-17/h3-6,9-11H,7-8,12H2,1-2H3,(H,24,27)/b19-10-. The van der Waals surface area contributed by atoms with Crippen molar-refractivity contribution in [3.63, 3.8) is 0 Å². The molecule has 0 spiro atoms. The molecule has 2 aliphatic rings. The van der Waals surface area contributed by atoms with Crippen LogP contribution in [0.4, 0.5) is 16.2 Å². The fourth-order valence-corrected chi connectivity index (χ4v) is 4.82. The number of hydrogen-bond acceptors (Lipinski definition) is 7. The molecule has 0 aromatic heterocycles. The Morgan fingerprint density at radius 1 is 1.16 bits per heavy atom. The minimum atomic E-state index is -0.495. The molecule has 8 nitrogen and oxygen atoms in total. The predicted octanol–water partition coefficient (Wildman–Crippen LogP) is 3.96. The van der Waals surface area contributed by atoms with Gasteiger partial charge in [0.05, 0.1) is 10.6 Å². The highest BCUT2D eigenvalue weighted by Crippen LogP contribution is 2.35. The number of rotatable bonds is 5. The van der Waals surface area contributed by atoms with Gasteiger partial charge in [-0.25, -0.2) is 0 Å². The Bertz CT molecular complexity index is 1130. The van der Waals surface area contributed by atoms with Crippen LogP contribution in [0.15, 0.2) is 45.8 Å². The first-order chi connectivity index (χ1) is 15.3. The fourth-order valence-electron chi connectivity index (χ4n) is 3.23. The van der Waals surface area contributed by atoms with E-state index in [1.165, 1.54) is 0 Å². The number of benzene rings is 2. The zero-order valence-electron chi connectivity index (χ0n) is 17.4. The van der Waals surface area contributed by atoms with Gasteiger partial charge in [-0.3, -0.25) is 19.3 Å². The molecule has 2 aromatic carbocycles. The zero-order chi connectivity index (χ0) is 22.8. The summed E-state index contributed by atoms with van der Waals surface area (Å²) in [5, 5.41) is 2.20. The lowest BCUT2D eigenvalue weighted by molar-refractivity contribution is -0.127. The molecule has 1 N–H and O–H groups in total.